The van der Waals surface area contributed by atoms with E-state index in [4.69, 9.17) is 5.73 Å². The first kappa shape index (κ1) is 14.3. The summed E-state index contributed by atoms with van der Waals surface area (Å²) in [6.45, 7) is 7.82. The predicted octanol–water partition coefficient (Wildman–Crippen LogP) is 3.09. The third-order valence-electron chi connectivity index (χ3n) is 3.19. The fourth-order valence-corrected chi connectivity index (χ4v) is 2.29. The molecule has 0 spiro atoms. The van der Waals surface area contributed by atoms with E-state index in [0.29, 0.717) is 0 Å². The van der Waals surface area contributed by atoms with Crippen molar-refractivity contribution in [3.8, 4) is 0 Å². The van der Waals surface area contributed by atoms with Crippen LogP contribution in [0.25, 0.3) is 0 Å². The number of aromatic nitrogens is 2. The molecule has 0 bridgehead atoms. The summed E-state index contributed by atoms with van der Waals surface area (Å²) in [6.07, 6.45) is 1.06. The molecule has 1 heterocycles. The molecule has 0 aliphatic carbocycles. The summed E-state index contributed by atoms with van der Waals surface area (Å²) in [4.78, 5) is 11.1. The minimum atomic E-state index is 0.774. The number of rotatable bonds is 5. The van der Waals surface area contributed by atoms with Crippen LogP contribution in [0.3, 0.4) is 0 Å². The van der Waals surface area contributed by atoms with E-state index in [2.05, 4.69) is 27.9 Å². The number of hydrogen-bond acceptors (Lipinski definition) is 4. The first-order valence-electron chi connectivity index (χ1n) is 7.00. The molecule has 0 aliphatic rings. The highest BCUT2D eigenvalue weighted by molar-refractivity contribution is 5.50. The van der Waals surface area contributed by atoms with E-state index in [1.165, 1.54) is 0 Å². The fraction of sp³-hybridized carbons (Fsp3) is 0.375. The van der Waals surface area contributed by atoms with Crippen LogP contribution in [-0.4, -0.2) is 16.5 Å². The highest BCUT2D eigenvalue weighted by atomic mass is 15.2. The third-order valence-corrected chi connectivity index (χ3v) is 3.19. The molecule has 0 saturated heterocycles. The molecule has 1 aromatic carbocycles. The molecule has 0 radical (unpaired) electrons. The van der Waals surface area contributed by atoms with Crippen molar-refractivity contribution in [1.82, 2.24) is 9.97 Å². The van der Waals surface area contributed by atoms with Crippen molar-refractivity contribution in [1.29, 1.82) is 0 Å². The van der Waals surface area contributed by atoms with Crippen LogP contribution in [0.5, 0.6) is 0 Å². The standard InChI is InChI=1S/C16H22N4/c1-4-9-20(11-14-7-5-6-8-15(14)17)16-10-12(2)18-13(3)19-16/h5-8,10H,4,9,11,17H2,1-3H3. The Kier molecular flexibility index (Phi) is 4.56. The summed E-state index contributed by atoms with van der Waals surface area (Å²) in [7, 11) is 0. The van der Waals surface area contributed by atoms with Crippen LogP contribution in [0.2, 0.25) is 0 Å². The van der Waals surface area contributed by atoms with Crippen LogP contribution >= 0.6 is 0 Å². The normalized spacial score (nSPS) is 10.6. The molecule has 2 aromatic rings. The SMILES string of the molecule is CCCN(Cc1ccccc1N)c1cc(C)nc(C)n1. The van der Waals surface area contributed by atoms with Gasteiger partial charge in [0.1, 0.15) is 11.6 Å². The molecular weight excluding hydrogens is 248 g/mol. The molecule has 0 aliphatic heterocycles. The predicted molar refractivity (Wildman–Crippen MR) is 83.7 cm³/mol. The van der Waals surface area contributed by atoms with Crippen LogP contribution in [-0.2, 0) is 6.54 Å². The number of nitrogen functional groups attached to an aromatic ring is 1. The summed E-state index contributed by atoms with van der Waals surface area (Å²) in [5.74, 6) is 1.78. The molecule has 20 heavy (non-hydrogen) atoms. The van der Waals surface area contributed by atoms with Gasteiger partial charge in [0.25, 0.3) is 0 Å². The number of hydrogen-bond donors (Lipinski definition) is 1. The van der Waals surface area contributed by atoms with Gasteiger partial charge in [0.05, 0.1) is 0 Å². The molecule has 1 aromatic heterocycles. The molecule has 4 nitrogen and oxygen atoms in total. The van der Waals surface area contributed by atoms with Crippen molar-refractivity contribution in [2.24, 2.45) is 0 Å². The Morgan fingerprint density at radius 1 is 1.15 bits per heavy atom. The molecule has 0 atom stereocenters. The maximum atomic E-state index is 6.04. The molecule has 0 saturated carbocycles. The number of nitrogens with zero attached hydrogens (tertiary/aromatic N) is 3. The lowest BCUT2D eigenvalue weighted by atomic mass is 10.1. The molecule has 4 heteroatoms. The highest BCUT2D eigenvalue weighted by Gasteiger charge is 2.11. The van der Waals surface area contributed by atoms with E-state index < -0.39 is 0 Å². The lowest BCUT2D eigenvalue weighted by Crippen LogP contribution is -2.25. The zero-order valence-electron chi connectivity index (χ0n) is 12.4. The fourth-order valence-electron chi connectivity index (χ4n) is 2.29. The van der Waals surface area contributed by atoms with Crippen molar-refractivity contribution in [3.63, 3.8) is 0 Å². The maximum absolute atomic E-state index is 6.04. The van der Waals surface area contributed by atoms with Crippen molar-refractivity contribution in [3.05, 3.63) is 47.4 Å². The first-order valence-corrected chi connectivity index (χ1v) is 7.00. The zero-order valence-corrected chi connectivity index (χ0v) is 12.4. The second kappa shape index (κ2) is 6.37. The number of aryl methyl sites for hydroxylation is 2. The van der Waals surface area contributed by atoms with Gasteiger partial charge in [-0.2, -0.15) is 0 Å². The first-order chi connectivity index (χ1) is 9.60. The van der Waals surface area contributed by atoms with Crippen LogP contribution in [0.1, 0.15) is 30.4 Å². The quantitative estimate of drug-likeness (QED) is 0.848. The van der Waals surface area contributed by atoms with Gasteiger partial charge in [-0.3, -0.25) is 0 Å². The lowest BCUT2D eigenvalue weighted by Gasteiger charge is -2.24. The van der Waals surface area contributed by atoms with Gasteiger partial charge in [-0.25, -0.2) is 9.97 Å². The Labute approximate surface area is 120 Å². The van der Waals surface area contributed by atoms with Crippen molar-refractivity contribution < 1.29 is 0 Å². The number of para-hydroxylation sites is 1. The topological polar surface area (TPSA) is 55.0 Å². The minimum absolute atomic E-state index is 0.774. The van der Waals surface area contributed by atoms with Gasteiger partial charge in [0.15, 0.2) is 0 Å². The molecule has 2 rings (SSSR count). The van der Waals surface area contributed by atoms with Crippen molar-refractivity contribution in [2.75, 3.05) is 17.2 Å². The maximum Gasteiger partial charge on any atom is 0.132 e. The van der Waals surface area contributed by atoms with Crippen LogP contribution in [0, 0.1) is 13.8 Å². The van der Waals surface area contributed by atoms with E-state index in [-0.39, 0.29) is 0 Å². The number of anilines is 2. The summed E-state index contributed by atoms with van der Waals surface area (Å²) in [6, 6.07) is 10.0. The van der Waals surface area contributed by atoms with Gasteiger partial charge >= 0.3 is 0 Å². The van der Waals surface area contributed by atoms with E-state index in [0.717, 1.165) is 48.1 Å². The largest absolute Gasteiger partial charge is 0.398 e. The van der Waals surface area contributed by atoms with Gasteiger partial charge < -0.3 is 10.6 Å². The van der Waals surface area contributed by atoms with Crippen LogP contribution in [0.15, 0.2) is 30.3 Å². The van der Waals surface area contributed by atoms with Crippen LogP contribution in [0.4, 0.5) is 11.5 Å². The van der Waals surface area contributed by atoms with Gasteiger partial charge in [-0.05, 0) is 31.9 Å². The van der Waals surface area contributed by atoms with E-state index in [9.17, 15) is 0 Å². The minimum Gasteiger partial charge on any atom is -0.398 e. The molecule has 0 unspecified atom stereocenters. The summed E-state index contributed by atoms with van der Waals surface area (Å²) in [5, 5.41) is 0. The second-order valence-electron chi connectivity index (χ2n) is 5.04. The van der Waals surface area contributed by atoms with Gasteiger partial charge in [-0.15, -0.1) is 0 Å². The Morgan fingerprint density at radius 3 is 2.55 bits per heavy atom. The van der Waals surface area contributed by atoms with Crippen LogP contribution < -0.4 is 10.6 Å². The molecule has 106 valence electrons. The summed E-state index contributed by atoms with van der Waals surface area (Å²) in [5.41, 5.74) is 9.00. The van der Waals surface area contributed by atoms with Crippen molar-refractivity contribution in [2.45, 2.75) is 33.7 Å². The zero-order chi connectivity index (χ0) is 14.5. The Morgan fingerprint density at radius 2 is 1.90 bits per heavy atom. The molecule has 0 amide bonds. The number of nitrogens with two attached hydrogens (primary N) is 1. The lowest BCUT2D eigenvalue weighted by molar-refractivity contribution is 0.748. The van der Waals surface area contributed by atoms with E-state index in [1.807, 2.05) is 38.1 Å². The summed E-state index contributed by atoms with van der Waals surface area (Å²) >= 11 is 0. The van der Waals surface area contributed by atoms with E-state index in [1.54, 1.807) is 0 Å². The number of benzene rings is 1. The average molecular weight is 270 g/mol. The van der Waals surface area contributed by atoms with Crippen molar-refractivity contribution >= 4 is 11.5 Å². The van der Waals surface area contributed by atoms with Gasteiger partial charge in [-0.1, -0.05) is 25.1 Å². The monoisotopic (exact) mass is 270 g/mol. The molecular formula is C16H22N4. The highest BCUT2D eigenvalue weighted by Crippen LogP contribution is 2.19. The Balaban J connectivity index is 2.29. The Bertz CT molecular complexity index is 560. The summed E-state index contributed by atoms with van der Waals surface area (Å²) < 4.78 is 0. The molecule has 0 fully saturated rings. The third kappa shape index (κ3) is 3.47. The van der Waals surface area contributed by atoms with Gasteiger partial charge in [0.2, 0.25) is 0 Å². The average Bonchev–Trinajstić information content (AvgIpc) is 2.39. The molecule has 2 N–H and O–H groups in total. The second-order valence-corrected chi connectivity index (χ2v) is 5.04. The van der Waals surface area contributed by atoms with Gasteiger partial charge in [0, 0.05) is 30.5 Å². The smallest absolute Gasteiger partial charge is 0.132 e. The van der Waals surface area contributed by atoms with E-state index >= 15 is 0 Å². The Hall–Kier alpha value is -2.10.